The van der Waals surface area contributed by atoms with Crippen LogP contribution in [0.1, 0.15) is 15.2 Å². The van der Waals surface area contributed by atoms with Gasteiger partial charge in [0.25, 0.3) is 0 Å². The first-order chi connectivity index (χ1) is 14.3. The van der Waals surface area contributed by atoms with E-state index in [2.05, 4.69) is 10.3 Å². The maximum atomic E-state index is 12.9. The van der Waals surface area contributed by atoms with Gasteiger partial charge in [-0.25, -0.2) is 4.98 Å². The van der Waals surface area contributed by atoms with Gasteiger partial charge in [0, 0.05) is 10.6 Å². The first-order valence-corrected chi connectivity index (χ1v) is 11.5. The van der Waals surface area contributed by atoms with Crippen LogP contribution in [0.25, 0.3) is 0 Å². The Morgan fingerprint density at radius 1 is 1.23 bits per heavy atom. The van der Waals surface area contributed by atoms with Gasteiger partial charge in [0.05, 0.1) is 44.9 Å². The van der Waals surface area contributed by atoms with Crippen molar-refractivity contribution in [2.24, 2.45) is 0 Å². The number of ketones is 1. The molecule has 5 N–H and O–H groups in total. The average Bonchev–Trinajstić information content (AvgIpc) is 3.07. The molecule has 11 heteroatoms. The Morgan fingerprint density at radius 3 is 2.57 bits per heavy atom. The lowest BCUT2D eigenvalue weighted by atomic mass is 10.1. The molecule has 0 saturated heterocycles. The molecule has 0 saturated carbocycles. The van der Waals surface area contributed by atoms with Crippen LogP contribution >= 0.6 is 34.5 Å². The summed E-state index contributed by atoms with van der Waals surface area (Å²) in [5, 5.41) is 22.2. The number of thiazole rings is 1. The quantitative estimate of drug-likeness (QED) is 0.359. The lowest BCUT2D eigenvalue weighted by Crippen LogP contribution is -2.20. The monoisotopic (exact) mass is 485 g/mol. The van der Waals surface area contributed by atoms with Gasteiger partial charge >= 0.3 is 0 Å². The van der Waals surface area contributed by atoms with Crippen molar-refractivity contribution >= 4 is 67.8 Å². The smallest absolute Gasteiger partial charge is 0.209 e. The number of nitrogens with two attached hydrogens (primary N) is 1. The summed E-state index contributed by atoms with van der Waals surface area (Å²) >= 11 is 13.3. The van der Waals surface area contributed by atoms with Crippen LogP contribution in [0, 0.1) is 0 Å². The van der Waals surface area contributed by atoms with Crippen molar-refractivity contribution < 1.29 is 19.2 Å². The predicted octanol–water partition coefficient (Wildman–Crippen LogP) is 3.47. The number of nitrogen functional groups attached to an aromatic ring is 1. The maximum Gasteiger partial charge on any atom is 0.209 e. The largest absolute Gasteiger partial charge is 0.394 e. The van der Waals surface area contributed by atoms with Crippen LogP contribution in [0.4, 0.5) is 16.6 Å². The first kappa shape index (κ1) is 22.7. The zero-order valence-electron chi connectivity index (χ0n) is 15.3. The fourth-order valence-corrected chi connectivity index (χ4v) is 5.10. The highest BCUT2D eigenvalue weighted by Gasteiger charge is 2.22. The summed E-state index contributed by atoms with van der Waals surface area (Å²) in [6, 6.07) is 11.5. The number of rotatable bonds is 8. The summed E-state index contributed by atoms with van der Waals surface area (Å²) < 4.78 is 12.3. The Hall–Kier alpha value is -2.01. The SMILES string of the molecule is Nc1nc(Nc2cccc(S(=O)CC(O)CO)c2)sc1C(=O)c1c(Cl)cccc1Cl. The van der Waals surface area contributed by atoms with E-state index in [-0.39, 0.29) is 32.1 Å². The van der Waals surface area contributed by atoms with E-state index in [1.165, 1.54) is 0 Å². The highest BCUT2D eigenvalue weighted by molar-refractivity contribution is 7.85. The number of aliphatic hydroxyl groups is 2. The Morgan fingerprint density at radius 2 is 1.90 bits per heavy atom. The van der Waals surface area contributed by atoms with Gasteiger partial charge in [-0.05, 0) is 30.3 Å². The molecular weight excluding hydrogens is 469 g/mol. The highest BCUT2D eigenvalue weighted by atomic mass is 35.5. The summed E-state index contributed by atoms with van der Waals surface area (Å²) in [5.41, 5.74) is 6.66. The number of hydrogen-bond donors (Lipinski definition) is 4. The van der Waals surface area contributed by atoms with Crippen LogP contribution in [0.15, 0.2) is 47.4 Å². The van der Waals surface area contributed by atoms with Crippen molar-refractivity contribution in [3.8, 4) is 0 Å². The van der Waals surface area contributed by atoms with Crippen molar-refractivity contribution in [1.29, 1.82) is 0 Å². The molecule has 2 aromatic carbocycles. The molecule has 0 radical (unpaired) electrons. The minimum absolute atomic E-state index is 0.0364. The van der Waals surface area contributed by atoms with Gasteiger partial charge in [0.15, 0.2) is 5.13 Å². The molecule has 1 heterocycles. The normalized spacial score (nSPS) is 13.1. The molecule has 2 atom stereocenters. The van der Waals surface area contributed by atoms with Crippen LogP contribution < -0.4 is 11.1 Å². The number of hydrogen-bond acceptors (Lipinski definition) is 8. The number of nitrogens with zero attached hydrogens (tertiary/aromatic N) is 1. The van der Waals surface area contributed by atoms with E-state index in [1.807, 2.05) is 0 Å². The number of carbonyl (C=O) groups excluding carboxylic acids is 1. The van der Waals surface area contributed by atoms with Gasteiger partial charge in [-0.15, -0.1) is 0 Å². The van der Waals surface area contributed by atoms with Crippen molar-refractivity contribution in [3.05, 3.63) is 63.0 Å². The van der Waals surface area contributed by atoms with Crippen molar-refractivity contribution in [2.45, 2.75) is 11.0 Å². The molecule has 0 spiro atoms. The molecule has 1 aromatic heterocycles. The van der Waals surface area contributed by atoms with Gasteiger partial charge in [0.2, 0.25) is 5.78 Å². The number of aliphatic hydroxyl groups excluding tert-OH is 2. The van der Waals surface area contributed by atoms with Gasteiger partial charge in [-0.2, -0.15) is 0 Å². The molecule has 0 amide bonds. The number of nitrogens with one attached hydrogen (secondary N) is 1. The molecule has 3 rings (SSSR count). The number of anilines is 3. The third-order valence-corrected chi connectivity index (χ3v) is 7.03. The highest BCUT2D eigenvalue weighted by Crippen LogP contribution is 2.34. The van der Waals surface area contributed by atoms with Crippen molar-refractivity contribution in [2.75, 3.05) is 23.4 Å². The maximum absolute atomic E-state index is 12.9. The summed E-state index contributed by atoms with van der Waals surface area (Å²) in [6.07, 6.45) is -1.06. The number of aromatic nitrogens is 1. The summed E-state index contributed by atoms with van der Waals surface area (Å²) in [6.45, 7) is -0.464. The fraction of sp³-hybridized carbons (Fsp3) is 0.158. The number of carbonyl (C=O) groups is 1. The molecule has 0 aliphatic carbocycles. The van der Waals surface area contributed by atoms with Gasteiger partial charge in [0.1, 0.15) is 10.7 Å². The predicted molar refractivity (Wildman–Crippen MR) is 121 cm³/mol. The van der Waals surface area contributed by atoms with Crippen LogP contribution in [0.5, 0.6) is 0 Å². The lowest BCUT2D eigenvalue weighted by Gasteiger charge is -2.08. The van der Waals surface area contributed by atoms with Gasteiger partial charge < -0.3 is 21.3 Å². The average molecular weight is 486 g/mol. The van der Waals surface area contributed by atoms with Gasteiger partial charge in [-0.1, -0.05) is 46.7 Å². The Bertz CT molecular complexity index is 1090. The van der Waals surface area contributed by atoms with Crippen LogP contribution in [0.3, 0.4) is 0 Å². The van der Waals surface area contributed by atoms with Crippen molar-refractivity contribution in [1.82, 2.24) is 4.98 Å². The topological polar surface area (TPSA) is 126 Å². The zero-order chi connectivity index (χ0) is 21.8. The second kappa shape index (κ2) is 9.86. The lowest BCUT2D eigenvalue weighted by molar-refractivity contribution is 0.104. The molecule has 7 nitrogen and oxygen atoms in total. The third-order valence-electron chi connectivity index (χ3n) is 3.95. The standard InChI is InChI=1S/C19H17Cl2N3O4S2/c20-13-5-2-6-14(21)15(13)16(27)17-18(22)24-19(29-17)23-10-3-1-4-12(7-10)30(28)9-11(26)8-25/h1-7,11,25-26H,8-9,22H2,(H,23,24). The number of halogens is 2. The molecule has 30 heavy (non-hydrogen) atoms. The molecular formula is C19H17Cl2N3O4S2. The Balaban J connectivity index is 1.82. The first-order valence-electron chi connectivity index (χ1n) is 8.59. The van der Waals surface area contributed by atoms with E-state index >= 15 is 0 Å². The van der Waals surface area contributed by atoms with E-state index in [0.717, 1.165) is 11.3 Å². The summed E-state index contributed by atoms with van der Waals surface area (Å²) in [5.74, 6) is -0.475. The van der Waals surface area contributed by atoms with E-state index < -0.39 is 29.3 Å². The second-order valence-electron chi connectivity index (χ2n) is 6.16. The molecule has 0 aliphatic heterocycles. The Kier molecular flexibility index (Phi) is 7.45. The summed E-state index contributed by atoms with van der Waals surface area (Å²) in [4.78, 5) is 17.7. The van der Waals surface area contributed by atoms with Crippen LogP contribution in [-0.4, -0.2) is 43.7 Å². The van der Waals surface area contributed by atoms with E-state index in [4.69, 9.17) is 34.0 Å². The molecule has 158 valence electrons. The molecule has 0 bridgehead atoms. The minimum atomic E-state index is -1.49. The van der Waals surface area contributed by atoms with Crippen LogP contribution in [0.2, 0.25) is 10.0 Å². The van der Waals surface area contributed by atoms with E-state index in [9.17, 15) is 14.1 Å². The minimum Gasteiger partial charge on any atom is -0.394 e. The molecule has 2 unspecified atom stereocenters. The summed E-state index contributed by atoms with van der Waals surface area (Å²) in [7, 11) is -1.49. The fourth-order valence-electron chi connectivity index (χ4n) is 2.54. The molecule has 0 aliphatic rings. The zero-order valence-corrected chi connectivity index (χ0v) is 18.5. The third kappa shape index (κ3) is 5.18. The van der Waals surface area contributed by atoms with Crippen molar-refractivity contribution in [3.63, 3.8) is 0 Å². The van der Waals surface area contributed by atoms with Crippen LogP contribution in [-0.2, 0) is 10.8 Å². The Labute approximate surface area is 188 Å². The molecule has 3 aromatic rings. The second-order valence-corrected chi connectivity index (χ2v) is 9.47. The van der Waals surface area contributed by atoms with E-state index in [1.54, 1.807) is 42.5 Å². The van der Waals surface area contributed by atoms with E-state index in [0.29, 0.717) is 15.7 Å². The van der Waals surface area contributed by atoms with Gasteiger partial charge in [-0.3, -0.25) is 9.00 Å². The molecule has 0 fully saturated rings. The number of benzene rings is 2.